The van der Waals surface area contributed by atoms with Crippen LogP contribution in [0.1, 0.15) is 11.5 Å². The van der Waals surface area contributed by atoms with Gasteiger partial charge < -0.3 is 0 Å². The molecule has 0 atom stereocenters. The minimum absolute atomic E-state index is 0.202. The molecule has 1 aliphatic heterocycles. The summed E-state index contributed by atoms with van der Waals surface area (Å²) < 4.78 is 22.1. The van der Waals surface area contributed by atoms with Gasteiger partial charge in [-0.15, -0.1) is 0 Å². The Morgan fingerprint density at radius 3 is 2.57 bits per heavy atom. The number of hydrogen-bond acceptors (Lipinski definition) is 3. The Hall–Kier alpha value is -0.190. The van der Waals surface area contributed by atoms with Crippen molar-refractivity contribution in [2.45, 2.75) is 10.8 Å². The van der Waals surface area contributed by atoms with Crippen LogP contribution in [-0.2, 0) is 9.05 Å². The smallest absolute Gasteiger partial charge is 0.207 e. The van der Waals surface area contributed by atoms with Crippen molar-refractivity contribution in [2.75, 3.05) is 11.5 Å². The van der Waals surface area contributed by atoms with E-state index < -0.39 is 9.05 Å². The zero-order chi connectivity index (χ0) is 10.2. The van der Waals surface area contributed by atoms with Gasteiger partial charge in [-0.1, -0.05) is 12.1 Å². The van der Waals surface area contributed by atoms with Crippen molar-refractivity contribution in [3.8, 4) is 0 Å². The van der Waals surface area contributed by atoms with Crippen LogP contribution in [0.5, 0.6) is 0 Å². The van der Waals surface area contributed by atoms with Crippen LogP contribution in [0.3, 0.4) is 0 Å². The Balaban J connectivity index is 2.36. The fourth-order valence-electron chi connectivity index (χ4n) is 1.35. The lowest BCUT2D eigenvalue weighted by Crippen LogP contribution is -2.15. The largest absolute Gasteiger partial charge is 0.261 e. The van der Waals surface area contributed by atoms with Crippen LogP contribution in [0.4, 0.5) is 0 Å². The molecule has 2 rings (SSSR count). The minimum atomic E-state index is -3.58. The third kappa shape index (κ3) is 2.07. The fourth-order valence-corrected chi connectivity index (χ4v) is 3.01. The van der Waals surface area contributed by atoms with Crippen molar-refractivity contribution in [3.05, 3.63) is 29.8 Å². The van der Waals surface area contributed by atoms with Gasteiger partial charge in [-0.25, -0.2) is 8.42 Å². The summed E-state index contributed by atoms with van der Waals surface area (Å²) in [6.45, 7) is 0. The van der Waals surface area contributed by atoms with Crippen LogP contribution in [0.25, 0.3) is 0 Å². The summed E-state index contributed by atoms with van der Waals surface area (Å²) >= 11 is 1.87. The second-order valence-corrected chi connectivity index (χ2v) is 6.89. The third-order valence-corrected chi connectivity index (χ3v) is 4.88. The van der Waals surface area contributed by atoms with Crippen LogP contribution in [-0.4, -0.2) is 19.9 Å². The lowest BCUT2D eigenvalue weighted by atomic mass is 10.0. The van der Waals surface area contributed by atoms with E-state index in [1.54, 1.807) is 12.1 Å². The molecule has 5 heteroatoms. The number of hydrogen-bond donors (Lipinski definition) is 0. The van der Waals surface area contributed by atoms with Crippen LogP contribution < -0.4 is 0 Å². The Morgan fingerprint density at radius 2 is 2.07 bits per heavy atom. The van der Waals surface area contributed by atoms with Crippen molar-refractivity contribution < 1.29 is 8.42 Å². The fraction of sp³-hybridized carbons (Fsp3) is 0.333. The van der Waals surface area contributed by atoms with Gasteiger partial charge in [0.05, 0.1) is 4.90 Å². The molecule has 1 fully saturated rings. The molecular weight excluding hydrogens is 240 g/mol. The molecule has 1 heterocycles. The Morgan fingerprint density at radius 1 is 1.36 bits per heavy atom. The van der Waals surface area contributed by atoms with Gasteiger partial charge in [0.1, 0.15) is 0 Å². The molecule has 0 radical (unpaired) electrons. The molecule has 0 aromatic heterocycles. The maximum atomic E-state index is 11.1. The first-order chi connectivity index (χ1) is 6.57. The Labute approximate surface area is 92.1 Å². The molecule has 0 bridgehead atoms. The van der Waals surface area contributed by atoms with Gasteiger partial charge >= 0.3 is 0 Å². The minimum Gasteiger partial charge on any atom is -0.207 e. The summed E-state index contributed by atoms with van der Waals surface area (Å²) in [7, 11) is 1.69. The van der Waals surface area contributed by atoms with Gasteiger partial charge in [0.2, 0.25) is 0 Å². The van der Waals surface area contributed by atoms with Crippen LogP contribution in [0.15, 0.2) is 29.2 Å². The maximum absolute atomic E-state index is 11.1. The van der Waals surface area contributed by atoms with Gasteiger partial charge in [0.15, 0.2) is 0 Å². The first-order valence-corrected chi connectivity index (χ1v) is 7.66. The summed E-state index contributed by atoms with van der Waals surface area (Å²) in [6, 6.07) is 6.90. The molecule has 1 aromatic carbocycles. The van der Waals surface area contributed by atoms with E-state index in [9.17, 15) is 8.42 Å². The summed E-state index contributed by atoms with van der Waals surface area (Å²) in [5, 5.41) is 0. The predicted molar refractivity (Wildman–Crippen MR) is 59.5 cm³/mol. The van der Waals surface area contributed by atoms with Crippen LogP contribution >= 0.6 is 22.4 Å². The zero-order valence-corrected chi connectivity index (χ0v) is 9.70. The number of rotatable bonds is 2. The average Bonchev–Trinajstić information content (AvgIpc) is 2.00. The Kier molecular flexibility index (Phi) is 2.77. The maximum Gasteiger partial charge on any atom is 0.261 e. The molecule has 1 aromatic rings. The molecule has 0 aliphatic carbocycles. The lowest BCUT2D eigenvalue weighted by molar-refractivity contribution is 0.609. The van der Waals surface area contributed by atoms with Gasteiger partial charge in [-0.2, -0.15) is 11.8 Å². The molecule has 0 N–H and O–H groups in total. The SMILES string of the molecule is O=S(=O)(Cl)c1cccc(C2CSC2)c1. The van der Waals surface area contributed by atoms with Crippen molar-refractivity contribution in [3.63, 3.8) is 0 Å². The highest BCUT2D eigenvalue weighted by atomic mass is 35.7. The predicted octanol–water partition coefficient (Wildman–Crippen LogP) is 2.44. The van der Waals surface area contributed by atoms with E-state index in [1.165, 1.54) is 6.07 Å². The van der Waals surface area contributed by atoms with Gasteiger partial charge in [0, 0.05) is 28.1 Å². The van der Waals surface area contributed by atoms with Gasteiger partial charge in [0.25, 0.3) is 9.05 Å². The topological polar surface area (TPSA) is 34.1 Å². The van der Waals surface area contributed by atoms with E-state index in [2.05, 4.69) is 0 Å². The van der Waals surface area contributed by atoms with E-state index in [4.69, 9.17) is 10.7 Å². The zero-order valence-electron chi connectivity index (χ0n) is 7.31. The first kappa shape index (κ1) is 10.3. The second-order valence-electron chi connectivity index (χ2n) is 3.24. The summed E-state index contributed by atoms with van der Waals surface area (Å²) in [5.41, 5.74) is 1.07. The summed E-state index contributed by atoms with van der Waals surface area (Å²) in [5.74, 6) is 2.65. The molecule has 76 valence electrons. The summed E-state index contributed by atoms with van der Waals surface area (Å²) in [6.07, 6.45) is 0. The molecule has 14 heavy (non-hydrogen) atoms. The van der Waals surface area contributed by atoms with E-state index in [0.717, 1.165) is 17.1 Å². The van der Waals surface area contributed by atoms with Crippen molar-refractivity contribution in [1.82, 2.24) is 0 Å². The highest BCUT2D eigenvalue weighted by molar-refractivity contribution is 8.13. The van der Waals surface area contributed by atoms with Crippen LogP contribution in [0.2, 0.25) is 0 Å². The quantitative estimate of drug-likeness (QED) is 0.754. The number of halogens is 1. The molecule has 2 nitrogen and oxygen atoms in total. The molecule has 0 saturated carbocycles. The van der Waals surface area contributed by atoms with Crippen molar-refractivity contribution in [1.29, 1.82) is 0 Å². The van der Waals surface area contributed by atoms with E-state index >= 15 is 0 Å². The lowest BCUT2D eigenvalue weighted by Gasteiger charge is -2.25. The standard InChI is InChI=1S/C9H9ClO2S2/c10-14(11,12)9-3-1-2-7(4-9)8-5-13-6-8/h1-4,8H,5-6H2. The highest BCUT2D eigenvalue weighted by Crippen LogP contribution is 2.34. The molecule has 0 unspecified atom stereocenters. The van der Waals surface area contributed by atoms with E-state index in [-0.39, 0.29) is 4.90 Å². The number of thioether (sulfide) groups is 1. The first-order valence-electron chi connectivity index (χ1n) is 4.20. The molecule has 0 spiro atoms. The monoisotopic (exact) mass is 248 g/mol. The summed E-state index contributed by atoms with van der Waals surface area (Å²) in [4.78, 5) is 0.202. The Bertz CT molecular complexity index is 438. The highest BCUT2D eigenvalue weighted by Gasteiger charge is 2.21. The normalized spacial score (nSPS) is 17.8. The van der Waals surface area contributed by atoms with Gasteiger partial charge in [-0.05, 0) is 17.7 Å². The van der Waals surface area contributed by atoms with E-state index in [1.807, 2.05) is 17.8 Å². The molecule has 1 aliphatic rings. The van der Waals surface area contributed by atoms with Gasteiger partial charge in [-0.3, -0.25) is 0 Å². The van der Waals surface area contributed by atoms with Crippen molar-refractivity contribution >= 4 is 31.5 Å². The number of benzene rings is 1. The third-order valence-electron chi connectivity index (χ3n) is 2.25. The van der Waals surface area contributed by atoms with Crippen LogP contribution in [0, 0.1) is 0 Å². The van der Waals surface area contributed by atoms with E-state index in [0.29, 0.717) is 5.92 Å². The molecule has 1 saturated heterocycles. The second kappa shape index (κ2) is 3.76. The molecule has 0 amide bonds. The molecular formula is C9H9ClO2S2. The average molecular weight is 249 g/mol. The van der Waals surface area contributed by atoms with Crippen molar-refractivity contribution in [2.24, 2.45) is 0 Å².